The predicted octanol–water partition coefficient (Wildman–Crippen LogP) is 4.08. The van der Waals surface area contributed by atoms with Gasteiger partial charge in [-0.2, -0.15) is 0 Å². The monoisotopic (exact) mass is 269 g/mol. The Hall–Kier alpha value is -0.0800. The van der Waals surface area contributed by atoms with E-state index in [0.29, 0.717) is 0 Å². The Morgan fingerprint density at radius 1 is 1.16 bits per heavy atom. The summed E-state index contributed by atoms with van der Waals surface area (Å²) in [7, 11) is 0. The number of hydrogen-bond donors (Lipinski definition) is 1. The Kier molecular flexibility index (Phi) is 7.38. The molecule has 1 fully saturated rings. The van der Waals surface area contributed by atoms with Crippen LogP contribution in [0.1, 0.15) is 72.6 Å². The number of unbranched alkanes of at least 4 members (excludes halogenated alkanes) is 1. The Bertz CT molecular complexity index is 231. The van der Waals surface area contributed by atoms with Gasteiger partial charge < -0.3 is 10.0 Å². The molecule has 0 aromatic rings. The van der Waals surface area contributed by atoms with Crippen molar-refractivity contribution in [2.75, 3.05) is 19.6 Å². The van der Waals surface area contributed by atoms with Gasteiger partial charge in [0, 0.05) is 19.6 Å². The van der Waals surface area contributed by atoms with E-state index in [1.165, 1.54) is 32.2 Å². The first-order chi connectivity index (χ1) is 8.99. The molecule has 1 aliphatic rings. The standard InChI is InChI=1S/C17H35NO/c1-5-7-8-16(6-2)13-17(19)9-11-18(12-10-17)14-15(3)4/h15-16,19H,5-14H2,1-4H3. The fourth-order valence-electron chi connectivity index (χ4n) is 3.35. The minimum Gasteiger partial charge on any atom is -0.390 e. The van der Waals surface area contributed by atoms with Gasteiger partial charge in [0.15, 0.2) is 0 Å². The summed E-state index contributed by atoms with van der Waals surface area (Å²) in [5, 5.41) is 10.8. The number of rotatable bonds is 8. The molecule has 19 heavy (non-hydrogen) atoms. The molecule has 1 atom stereocenters. The maximum atomic E-state index is 10.8. The summed E-state index contributed by atoms with van der Waals surface area (Å²) in [4.78, 5) is 2.52. The molecular weight excluding hydrogens is 234 g/mol. The lowest BCUT2D eigenvalue weighted by atomic mass is 9.80. The van der Waals surface area contributed by atoms with Crippen LogP contribution in [-0.4, -0.2) is 35.2 Å². The van der Waals surface area contributed by atoms with Crippen LogP contribution in [0.5, 0.6) is 0 Å². The summed E-state index contributed by atoms with van der Waals surface area (Å²) >= 11 is 0. The second-order valence-electron chi connectivity index (χ2n) is 7.04. The fraction of sp³-hybridized carbons (Fsp3) is 1.00. The van der Waals surface area contributed by atoms with Crippen molar-refractivity contribution in [1.29, 1.82) is 0 Å². The van der Waals surface area contributed by atoms with Crippen molar-refractivity contribution >= 4 is 0 Å². The van der Waals surface area contributed by atoms with Gasteiger partial charge >= 0.3 is 0 Å². The van der Waals surface area contributed by atoms with Crippen LogP contribution < -0.4 is 0 Å². The van der Waals surface area contributed by atoms with E-state index in [4.69, 9.17) is 0 Å². The summed E-state index contributed by atoms with van der Waals surface area (Å²) in [5.74, 6) is 1.46. The lowest BCUT2D eigenvalue weighted by molar-refractivity contribution is -0.0420. The van der Waals surface area contributed by atoms with Crippen molar-refractivity contribution < 1.29 is 5.11 Å². The molecule has 0 saturated carbocycles. The maximum absolute atomic E-state index is 10.8. The lowest BCUT2D eigenvalue weighted by Crippen LogP contribution is -2.46. The summed E-state index contributed by atoms with van der Waals surface area (Å²) in [6, 6.07) is 0. The predicted molar refractivity (Wildman–Crippen MR) is 83.4 cm³/mol. The van der Waals surface area contributed by atoms with Gasteiger partial charge in [-0.15, -0.1) is 0 Å². The summed E-state index contributed by atoms with van der Waals surface area (Å²) in [6.07, 6.45) is 8.08. The molecule has 114 valence electrons. The van der Waals surface area contributed by atoms with Crippen molar-refractivity contribution in [3.8, 4) is 0 Å². The first-order valence-corrected chi connectivity index (χ1v) is 8.43. The summed E-state index contributed by atoms with van der Waals surface area (Å²) in [6.45, 7) is 12.4. The lowest BCUT2D eigenvalue weighted by Gasteiger charge is -2.40. The first kappa shape index (κ1) is 17.0. The highest BCUT2D eigenvalue weighted by atomic mass is 16.3. The van der Waals surface area contributed by atoms with Gasteiger partial charge in [0.05, 0.1) is 5.60 Å². The first-order valence-electron chi connectivity index (χ1n) is 8.43. The Morgan fingerprint density at radius 2 is 1.79 bits per heavy atom. The number of likely N-dealkylation sites (tertiary alicyclic amines) is 1. The van der Waals surface area contributed by atoms with Gasteiger partial charge in [-0.05, 0) is 31.1 Å². The molecule has 0 aromatic carbocycles. The molecule has 0 amide bonds. The van der Waals surface area contributed by atoms with Crippen molar-refractivity contribution in [2.45, 2.75) is 78.2 Å². The third kappa shape index (κ3) is 6.27. The molecule has 2 nitrogen and oxygen atoms in total. The van der Waals surface area contributed by atoms with E-state index in [9.17, 15) is 5.11 Å². The number of piperidine rings is 1. The molecule has 1 heterocycles. The molecule has 0 bridgehead atoms. The third-order valence-corrected chi connectivity index (χ3v) is 4.62. The van der Waals surface area contributed by atoms with Crippen molar-refractivity contribution in [1.82, 2.24) is 4.90 Å². The normalized spacial score (nSPS) is 21.8. The van der Waals surface area contributed by atoms with Crippen LogP contribution in [-0.2, 0) is 0 Å². The van der Waals surface area contributed by atoms with Crippen LogP contribution in [0.25, 0.3) is 0 Å². The van der Waals surface area contributed by atoms with Gasteiger partial charge in [-0.25, -0.2) is 0 Å². The second kappa shape index (κ2) is 8.26. The van der Waals surface area contributed by atoms with Crippen LogP contribution in [0, 0.1) is 11.8 Å². The highest BCUT2D eigenvalue weighted by Crippen LogP contribution is 2.32. The van der Waals surface area contributed by atoms with Gasteiger partial charge in [-0.3, -0.25) is 0 Å². The molecule has 0 aromatic heterocycles. The molecule has 0 radical (unpaired) electrons. The Balaban J connectivity index is 2.37. The average Bonchev–Trinajstić information content (AvgIpc) is 2.37. The van der Waals surface area contributed by atoms with Crippen LogP contribution in [0.4, 0.5) is 0 Å². The SMILES string of the molecule is CCCCC(CC)CC1(O)CCN(CC(C)C)CC1. The molecular formula is C17H35NO. The molecule has 1 saturated heterocycles. The molecule has 2 heteroatoms. The van der Waals surface area contributed by atoms with Crippen molar-refractivity contribution in [2.24, 2.45) is 11.8 Å². The molecule has 0 aliphatic carbocycles. The number of aliphatic hydroxyl groups is 1. The van der Waals surface area contributed by atoms with Gasteiger partial charge in [0.1, 0.15) is 0 Å². The zero-order chi connectivity index (χ0) is 14.3. The highest BCUT2D eigenvalue weighted by Gasteiger charge is 2.33. The quantitative estimate of drug-likeness (QED) is 0.718. The van der Waals surface area contributed by atoms with Gasteiger partial charge in [0.25, 0.3) is 0 Å². The molecule has 1 unspecified atom stereocenters. The van der Waals surface area contributed by atoms with E-state index in [2.05, 4.69) is 32.6 Å². The summed E-state index contributed by atoms with van der Waals surface area (Å²) in [5.41, 5.74) is -0.373. The van der Waals surface area contributed by atoms with E-state index in [1.54, 1.807) is 0 Å². The fourth-order valence-corrected chi connectivity index (χ4v) is 3.35. The average molecular weight is 269 g/mol. The Labute approximate surface area is 120 Å². The summed E-state index contributed by atoms with van der Waals surface area (Å²) < 4.78 is 0. The Morgan fingerprint density at radius 3 is 2.26 bits per heavy atom. The molecule has 1 rings (SSSR count). The van der Waals surface area contributed by atoms with E-state index < -0.39 is 0 Å². The van der Waals surface area contributed by atoms with Gasteiger partial charge in [0.2, 0.25) is 0 Å². The minimum absolute atomic E-state index is 0.373. The molecule has 1 aliphatic heterocycles. The zero-order valence-electron chi connectivity index (χ0n) is 13.6. The van der Waals surface area contributed by atoms with E-state index >= 15 is 0 Å². The van der Waals surface area contributed by atoms with Crippen LogP contribution in [0.15, 0.2) is 0 Å². The van der Waals surface area contributed by atoms with Crippen molar-refractivity contribution in [3.63, 3.8) is 0 Å². The minimum atomic E-state index is -0.373. The number of hydrogen-bond acceptors (Lipinski definition) is 2. The van der Waals surface area contributed by atoms with Gasteiger partial charge in [-0.1, -0.05) is 53.4 Å². The topological polar surface area (TPSA) is 23.5 Å². The van der Waals surface area contributed by atoms with E-state index in [0.717, 1.165) is 44.2 Å². The van der Waals surface area contributed by atoms with Crippen LogP contribution in [0.3, 0.4) is 0 Å². The van der Waals surface area contributed by atoms with E-state index in [-0.39, 0.29) is 5.60 Å². The smallest absolute Gasteiger partial charge is 0.0674 e. The van der Waals surface area contributed by atoms with Crippen LogP contribution >= 0.6 is 0 Å². The zero-order valence-corrected chi connectivity index (χ0v) is 13.6. The van der Waals surface area contributed by atoms with Crippen molar-refractivity contribution in [3.05, 3.63) is 0 Å². The second-order valence-corrected chi connectivity index (χ2v) is 7.04. The van der Waals surface area contributed by atoms with E-state index in [1.807, 2.05) is 0 Å². The molecule has 0 spiro atoms. The van der Waals surface area contributed by atoms with Crippen LogP contribution in [0.2, 0.25) is 0 Å². The number of nitrogens with zero attached hydrogens (tertiary/aromatic N) is 1. The third-order valence-electron chi connectivity index (χ3n) is 4.62. The largest absolute Gasteiger partial charge is 0.390 e. The maximum Gasteiger partial charge on any atom is 0.0674 e. The highest BCUT2D eigenvalue weighted by molar-refractivity contribution is 4.87. The molecule has 1 N–H and O–H groups in total.